The standard InChI is InChI=1S/C26H29N3O/c1-19-9-14-23(16-20(19)2)29-26-8-5-7-25(24(26)18-28-29)27-17-22-12-10-21(11-13-22)6-3-4-15-30/h9-14,16,18,25,27,30H,4-5,7-8,15,17H2,1-2H3. The Morgan fingerprint density at radius 1 is 1.13 bits per heavy atom. The number of hydrogen-bond acceptors (Lipinski definition) is 3. The Labute approximate surface area is 179 Å². The van der Waals surface area contributed by atoms with Crippen molar-refractivity contribution in [2.45, 2.75) is 52.1 Å². The van der Waals surface area contributed by atoms with Gasteiger partial charge in [-0.25, -0.2) is 4.68 Å². The SMILES string of the molecule is Cc1ccc(-n2ncc3c2CCCC3NCc2ccc(C#CCCO)cc2)cc1C. The van der Waals surface area contributed by atoms with Crippen molar-refractivity contribution in [3.63, 3.8) is 0 Å². The first kappa shape index (κ1) is 20.4. The summed E-state index contributed by atoms with van der Waals surface area (Å²) >= 11 is 0. The van der Waals surface area contributed by atoms with Crippen molar-refractivity contribution in [2.75, 3.05) is 6.61 Å². The fourth-order valence-corrected chi connectivity index (χ4v) is 4.02. The van der Waals surface area contributed by atoms with E-state index in [-0.39, 0.29) is 6.61 Å². The molecule has 0 fully saturated rings. The largest absolute Gasteiger partial charge is 0.395 e. The van der Waals surface area contributed by atoms with Gasteiger partial charge >= 0.3 is 0 Å². The van der Waals surface area contributed by atoms with Gasteiger partial charge in [0.1, 0.15) is 0 Å². The van der Waals surface area contributed by atoms with Gasteiger partial charge in [0.05, 0.1) is 18.5 Å². The van der Waals surface area contributed by atoms with Gasteiger partial charge in [-0.05, 0) is 74.1 Å². The summed E-state index contributed by atoms with van der Waals surface area (Å²) < 4.78 is 2.12. The molecule has 154 valence electrons. The van der Waals surface area contributed by atoms with Gasteiger partial charge in [0.25, 0.3) is 0 Å². The minimum Gasteiger partial charge on any atom is -0.395 e. The average Bonchev–Trinajstić information content (AvgIpc) is 3.20. The number of aliphatic hydroxyl groups is 1. The molecular weight excluding hydrogens is 370 g/mol. The fraction of sp³-hybridized carbons (Fsp3) is 0.346. The quantitative estimate of drug-likeness (QED) is 0.626. The molecule has 0 aliphatic heterocycles. The Morgan fingerprint density at radius 2 is 1.97 bits per heavy atom. The molecule has 1 unspecified atom stereocenters. The van der Waals surface area contributed by atoms with Crippen LogP contribution in [-0.2, 0) is 13.0 Å². The van der Waals surface area contributed by atoms with Gasteiger partial charge < -0.3 is 10.4 Å². The summed E-state index contributed by atoms with van der Waals surface area (Å²) in [5, 5.41) is 17.3. The monoisotopic (exact) mass is 399 g/mol. The highest BCUT2D eigenvalue weighted by molar-refractivity contribution is 5.42. The first-order valence-electron chi connectivity index (χ1n) is 10.7. The molecule has 0 bridgehead atoms. The first-order chi connectivity index (χ1) is 14.7. The summed E-state index contributed by atoms with van der Waals surface area (Å²) in [6, 6.07) is 15.2. The molecule has 30 heavy (non-hydrogen) atoms. The molecule has 1 aliphatic carbocycles. The number of fused-ring (bicyclic) bond motifs is 1. The van der Waals surface area contributed by atoms with Crippen molar-refractivity contribution in [3.8, 4) is 17.5 Å². The van der Waals surface area contributed by atoms with E-state index >= 15 is 0 Å². The second-order valence-corrected chi connectivity index (χ2v) is 8.02. The number of rotatable bonds is 5. The average molecular weight is 400 g/mol. The van der Waals surface area contributed by atoms with Gasteiger partial charge in [-0.1, -0.05) is 30.0 Å². The number of aliphatic hydroxyl groups excluding tert-OH is 1. The predicted molar refractivity (Wildman–Crippen MR) is 121 cm³/mol. The van der Waals surface area contributed by atoms with Gasteiger partial charge in [0.2, 0.25) is 0 Å². The van der Waals surface area contributed by atoms with E-state index in [1.54, 1.807) is 0 Å². The molecule has 4 heteroatoms. The van der Waals surface area contributed by atoms with E-state index in [4.69, 9.17) is 10.2 Å². The molecule has 0 amide bonds. The Hall–Kier alpha value is -2.87. The summed E-state index contributed by atoms with van der Waals surface area (Å²) in [5.41, 5.74) is 8.65. The normalized spacial score (nSPS) is 15.4. The Balaban J connectivity index is 1.46. The van der Waals surface area contributed by atoms with Gasteiger partial charge in [0, 0.05) is 35.8 Å². The number of hydrogen-bond donors (Lipinski definition) is 2. The highest BCUT2D eigenvalue weighted by atomic mass is 16.2. The Kier molecular flexibility index (Phi) is 6.32. The van der Waals surface area contributed by atoms with E-state index in [1.807, 2.05) is 18.3 Å². The Bertz CT molecular complexity index is 1070. The van der Waals surface area contributed by atoms with Gasteiger partial charge in [-0.3, -0.25) is 0 Å². The lowest BCUT2D eigenvalue weighted by molar-refractivity contribution is 0.305. The van der Waals surface area contributed by atoms with Crippen LogP contribution in [0.3, 0.4) is 0 Å². The predicted octanol–water partition coefficient (Wildman–Crippen LogP) is 4.39. The molecule has 3 aromatic rings. The van der Waals surface area contributed by atoms with Crippen molar-refractivity contribution in [2.24, 2.45) is 0 Å². The molecule has 0 saturated heterocycles. The third kappa shape index (κ3) is 4.48. The lowest BCUT2D eigenvalue weighted by Gasteiger charge is -2.24. The van der Waals surface area contributed by atoms with E-state index in [2.05, 4.69) is 66.0 Å². The van der Waals surface area contributed by atoms with Crippen molar-refractivity contribution in [1.82, 2.24) is 15.1 Å². The molecule has 1 aromatic heterocycles. The molecule has 1 heterocycles. The summed E-state index contributed by atoms with van der Waals surface area (Å²) in [4.78, 5) is 0. The van der Waals surface area contributed by atoms with Crippen LogP contribution in [0.5, 0.6) is 0 Å². The zero-order chi connectivity index (χ0) is 20.9. The van der Waals surface area contributed by atoms with Crippen LogP contribution in [0.1, 0.15) is 58.8 Å². The molecule has 2 aromatic carbocycles. The molecule has 4 nitrogen and oxygen atoms in total. The maximum atomic E-state index is 8.82. The van der Waals surface area contributed by atoms with E-state index < -0.39 is 0 Å². The molecule has 4 rings (SSSR count). The second kappa shape index (κ2) is 9.30. The molecule has 1 atom stereocenters. The molecule has 1 aliphatic rings. The topological polar surface area (TPSA) is 50.1 Å². The number of aryl methyl sites for hydroxylation is 2. The van der Waals surface area contributed by atoms with Crippen LogP contribution >= 0.6 is 0 Å². The Morgan fingerprint density at radius 3 is 2.73 bits per heavy atom. The first-order valence-corrected chi connectivity index (χ1v) is 10.7. The highest BCUT2D eigenvalue weighted by Crippen LogP contribution is 2.31. The highest BCUT2D eigenvalue weighted by Gasteiger charge is 2.24. The van der Waals surface area contributed by atoms with E-state index in [0.29, 0.717) is 12.5 Å². The number of aromatic nitrogens is 2. The summed E-state index contributed by atoms with van der Waals surface area (Å²) in [6.45, 7) is 5.23. The second-order valence-electron chi connectivity index (χ2n) is 8.02. The van der Waals surface area contributed by atoms with Crippen molar-refractivity contribution >= 4 is 0 Å². The zero-order valence-corrected chi connectivity index (χ0v) is 17.8. The maximum Gasteiger partial charge on any atom is 0.0651 e. The summed E-state index contributed by atoms with van der Waals surface area (Å²) in [7, 11) is 0. The fourth-order valence-electron chi connectivity index (χ4n) is 4.02. The molecule has 0 spiro atoms. The van der Waals surface area contributed by atoms with E-state index in [1.165, 1.54) is 34.4 Å². The van der Waals surface area contributed by atoms with Crippen molar-refractivity contribution in [3.05, 3.63) is 82.2 Å². The lowest BCUT2D eigenvalue weighted by Crippen LogP contribution is -2.25. The minimum atomic E-state index is 0.110. The van der Waals surface area contributed by atoms with Crippen molar-refractivity contribution in [1.29, 1.82) is 0 Å². The molecule has 0 radical (unpaired) electrons. The van der Waals surface area contributed by atoms with Crippen LogP contribution < -0.4 is 5.32 Å². The van der Waals surface area contributed by atoms with Gasteiger partial charge in [0.15, 0.2) is 0 Å². The van der Waals surface area contributed by atoms with Crippen LogP contribution in [0.15, 0.2) is 48.7 Å². The summed E-state index contributed by atoms with van der Waals surface area (Å²) in [6.07, 6.45) is 5.93. The number of nitrogens with one attached hydrogen (secondary N) is 1. The molecule has 2 N–H and O–H groups in total. The van der Waals surface area contributed by atoms with Gasteiger partial charge in [-0.15, -0.1) is 0 Å². The minimum absolute atomic E-state index is 0.110. The maximum absolute atomic E-state index is 8.82. The lowest BCUT2D eigenvalue weighted by atomic mass is 9.92. The van der Waals surface area contributed by atoms with Crippen LogP contribution in [0.4, 0.5) is 0 Å². The van der Waals surface area contributed by atoms with Crippen LogP contribution in [0, 0.1) is 25.7 Å². The van der Waals surface area contributed by atoms with Crippen LogP contribution in [0.2, 0.25) is 0 Å². The van der Waals surface area contributed by atoms with E-state index in [0.717, 1.165) is 30.6 Å². The number of nitrogens with zero attached hydrogens (tertiary/aromatic N) is 2. The van der Waals surface area contributed by atoms with Gasteiger partial charge in [-0.2, -0.15) is 5.10 Å². The van der Waals surface area contributed by atoms with Crippen LogP contribution in [-0.4, -0.2) is 21.5 Å². The third-order valence-electron chi connectivity index (χ3n) is 5.89. The third-order valence-corrected chi connectivity index (χ3v) is 5.89. The van der Waals surface area contributed by atoms with E-state index in [9.17, 15) is 0 Å². The molecule has 0 saturated carbocycles. The van der Waals surface area contributed by atoms with Crippen LogP contribution in [0.25, 0.3) is 5.69 Å². The van der Waals surface area contributed by atoms with Crippen molar-refractivity contribution < 1.29 is 5.11 Å². The summed E-state index contributed by atoms with van der Waals surface area (Å²) in [5.74, 6) is 6.04. The smallest absolute Gasteiger partial charge is 0.0651 e. The zero-order valence-electron chi connectivity index (χ0n) is 17.8. The number of benzene rings is 2. The molecular formula is C26H29N3O.